The summed E-state index contributed by atoms with van der Waals surface area (Å²) in [7, 11) is -0.972. The normalized spacial score (nSPS) is 20.3. The molecule has 1 N–H and O–H groups in total. The third-order valence-corrected chi connectivity index (χ3v) is 3.12. The van der Waals surface area contributed by atoms with E-state index >= 15 is 0 Å². The fraction of sp³-hybridized carbons (Fsp3) is 0.250. The highest BCUT2D eigenvalue weighted by Gasteiger charge is 2.18. The lowest BCUT2D eigenvalue weighted by molar-refractivity contribution is 0.687. The molecule has 1 aliphatic heterocycles. The van der Waals surface area contributed by atoms with Crippen LogP contribution < -0.4 is 4.72 Å². The number of anilines is 1. The summed E-state index contributed by atoms with van der Waals surface area (Å²) in [6.07, 6.45) is 0. The van der Waals surface area contributed by atoms with Gasteiger partial charge in [0.15, 0.2) is 0 Å². The molecule has 12 heavy (non-hydrogen) atoms. The van der Waals surface area contributed by atoms with Crippen molar-refractivity contribution in [3.8, 4) is 0 Å². The standard InChI is InChI=1S/C8H8ClNOS/c1-5-2-6-4-12(11)10-8(6)7(9)3-5/h2-3,10H,4H2,1H3. The Morgan fingerprint density at radius 2 is 2.33 bits per heavy atom. The van der Waals surface area contributed by atoms with Crippen LogP contribution in [0, 0.1) is 6.92 Å². The van der Waals surface area contributed by atoms with E-state index in [-0.39, 0.29) is 0 Å². The third kappa shape index (κ3) is 1.23. The van der Waals surface area contributed by atoms with E-state index in [2.05, 4.69) is 4.72 Å². The molecule has 0 aliphatic carbocycles. The highest BCUT2D eigenvalue weighted by molar-refractivity contribution is 7.86. The maximum absolute atomic E-state index is 11.1. The van der Waals surface area contributed by atoms with Crippen LogP contribution in [-0.4, -0.2) is 4.21 Å². The number of benzene rings is 1. The van der Waals surface area contributed by atoms with Crippen LogP contribution in [-0.2, 0) is 16.7 Å². The number of aryl methyl sites for hydroxylation is 1. The van der Waals surface area contributed by atoms with Gasteiger partial charge in [-0.25, -0.2) is 4.21 Å². The van der Waals surface area contributed by atoms with Crippen molar-refractivity contribution in [2.24, 2.45) is 0 Å². The molecule has 1 aromatic carbocycles. The van der Waals surface area contributed by atoms with Crippen molar-refractivity contribution < 1.29 is 4.21 Å². The Hall–Kier alpha value is -0.540. The lowest BCUT2D eigenvalue weighted by Gasteiger charge is -2.01. The van der Waals surface area contributed by atoms with Gasteiger partial charge in [0.05, 0.1) is 16.5 Å². The van der Waals surface area contributed by atoms with Crippen LogP contribution in [0.15, 0.2) is 12.1 Å². The van der Waals surface area contributed by atoms with Gasteiger partial charge in [-0.1, -0.05) is 17.7 Å². The molecule has 0 saturated carbocycles. The Bertz CT molecular complexity index is 364. The van der Waals surface area contributed by atoms with Crippen LogP contribution in [0.2, 0.25) is 5.02 Å². The smallest absolute Gasteiger partial charge is 0.121 e. The van der Waals surface area contributed by atoms with Gasteiger partial charge in [0, 0.05) is 0 Å². The zero-order valence-electron chi connectivity index (χ0n) is 6.56. The third-order valence-electron chi connectivity index (χ3n) is 1.82. The predicted molar refractivity (Wildman–Crippen MR) is 51.7 cm³/mol. The number of hydrogen-bond donors (Lipinski definition) is 1. The molecule has 1 aliphatic rings. The summed E-state index contributed by atoms with van der Waals surface area (Å²) < 4.78 is 13.9. The van der Waals surface area contributed by atoms with E-state index < -0.39 is 11.0 Å². The lowest BCUT2D eigenvalue weighted by Crippen LogP contribution is -1.94. The van der Waals surface area contributed by atoms with E-state index in [9.17, 15) is 4.21 Å². The van der Waals surface area contributed by atoms with E-state index in [4.69, 9.17) is 11.6 Å². The Kier molecular flexibility index (Phi) is 1.85. The fourth-order valence-electron chi connectivity index (χ4n) is 1.33. The topological polar surface area (TPSA) is 29.1 Å². The maximum atomic E-state index is 11.1. The summed E-state index contributed by atoms with van der Waals surface area (Å²) in [5, 5.41) is 0.663. The predicted octanol–water partition coefficient (Wildman–Crippen LogP) is 2.24. The first kappa shape index (κ1) is 8.08. The molecule has 1 atom stereocenters. The van der Waals surface area contributed by atoms with E-state index in [0.717, 1.165) is 16.8 Å². The fourth-order valence-corrected chi connectivity index (χ4v) is 2.78. The molecule has 0 aromatic heterocycles. The summed E-state index contributed by atoms with van der Waals surface area (Å²) in [6.45, 7) is 1.98. The molecule has 64 valence electrons. The van der Waals surface area contributed by atoms with Gasteiger partial charge in [-0.05, 0) is 24.1 Å². The lowest BCUT2D eigenvalue weighted by atomic mass is 10.1. The molecule has 4 heteroatoms. The minimum absolute atomic E-state index is 0.566. The summed E-state index contributed by atoms with van der Waals surface area (Å²) in [4.78, 5) is 0. The summed E-state index contributed by atoms with van der Waals surface area (Å²) in [6, 6.07) is 3.88. The average Bonchev–Trinajstić information content (AvgIpc) is 2.29. The zero-order valence-corrected chi connectivity index (χ0v) is 8.13. The highest BCUT2D eigenvalue weighted by Crippen LogP contribution is 2.33. The van der Waals surface area contributed by atoms with Gasteiger partial charge in [-0.3, -0.25) is 0 Å². The average molecular weight is 202 g/mol. The van der Waals surface area contributed by atoms with Crippen molar-refractivity contribution in [1.29, 1.82) is 0 Å². The van der Waals surface area contributed by atoms with E-state index in [1.54, 1.807) is 0 Å². The van der Waals surface area contributed by atoms with Crippen LogP contribution in [0.1, 0.15) is 11.1 Å². The van der Waals surface area contributed by atoms with Crippen molar-refractivity contribution >= 4 is 28.3 Å². The Morgan fingerprint density at radius 1 is 1.58 bits per heavy atom. The van der Waals surface area contributed by atoms with Gasteiger partial charge in [0.2, 0.25) is 0 Å². The van der Waals surface area contributed by atoms with Crippen LogP contribution in [0.25, 0.3) is 0 Å². The monoisotopic (exact) mass is 201 g/mol. The van der Waals surface area contributed by atoms with Crippen LogP contribution in [0.5, 0.6) is 0 Å². The second kappa shape index (κ2) is 2.75. The quantitative estimate of drug-likeness (QED) is 0.686. The second-order valence-corrected chi connectivity index (χ2v) is 4.46. The van der Waals surface area contributed by atoms with Crippen LogP contribution >= 0.6 is 11.6 Å². The van der Waals surface area contributed by atoms with Crippen molar-refractivity contribution in [2.75, 3.05) is 4.72 Å². The molecule has 1 heterocycles. The zero-order chi connectivity index (χ0) is 8.72. The Labute approximate surface area is 78.5 Å². The minimum Gasteiger partial charge on any atom is -0.303 e. The number of fused-ring (bicyclic) bond motifs is 1. The van der Waals surface area contributed by atoms with Gasteiger partial charge >= 0.3 is 0 Å². The van der Waals surface area contributed by atoms with Crippen molar-refractivity contribution in [1.82, 2.24) is 0 Å². The van der Waals surface area contributed by atoms with Crippen molar-refractivity contribution in [2.45, 2.75) is 12.7 Å². The Morgan fingerprint density at radius 3 is 3.08 bits per heavy atom. The number of hydrogen-bond acceptors (Lipinski definition) is 1. The van der Waals surface area contributed by atoms with Crippen molar-refractivity contribution in [3.05, 3.63) is 28.3 Å². The van der Waals surface area contributed by atoms with E-state index in [1.807, 2.05) is 19.1 Å². The maximum Gasteiger partial charge on any atom is 0.121 e. The molecule has 0 spiro atoms. The Balaban J connectivity index is 2.59. The summed E-state index contributed by atoms with van der Waals surface area (Å²) in [5.41, 5.74) is 3.00. The van der Waals surface area contributed by atoms with E-state index in [0.29, 0.717) is 10.8 Å². The molecule has 1 aromatic rings. The van der Waals surface area contributed by atoms with Gasteiger partial charge in [-0.2, -0.15) is 0 Å². The molecule has 2 nitrogen and oxygen atoms in total. The first-order chi connectivity index (χ1) is 5.66. The van der Waals surface area contributed by atoms with E-state index in [1.165, 1.54) is 0 Å². The molecule has 0 radical (unpaired) electrons. The van der Waals surface area contributed by atoms with Crippen LogP contribution in [0.3, 0.4) is 0 Å². The largest absolute Gasteiger partial charge is 0.303 e. The molecule has 0 bridgehead atoms. The molecular weight excluding hydrogens is 194 g/mol. The van der Waals surface area contributed by atoms with Gasteiger partial charge in [0.1, 0.15) is 11.0 Å². The number of halogens is 1. The molecule has 0 amide bonds. The van der Waals surface area contributed by atoms with Crippen LogP contribution in [0.4, 0.5) is 5.69 Å². The van der Waals surface area contributed by atoms with Gasteiger partial charge in [0.25, 0.3) is 0 Å². The molecule has 2 rings (SSSR count). The molecule has 1 unspecified atom stereocenters. The number of rotatable bonds is 0. The summed E-state index contributed by atoms with van der Waals surface area (Å²) in [5.74, 6) is 0.566. The molecular formula is C8H8ClNOS. The SMILES string of the molecule is Cc1cc(Cl)c2c(c1)CS(=O)N2. The minimum atomic E-state index is -0.972. The number of nitrogens with one attached hydrogen (secondary N) is 1. The molecule has 0 saturated heterocycles. The summed E-state index contributed by atoms with van der Waals surface area (Å²) >= 11 is 5.94. The van der Waals surface area contributed by atoms with Crippen molar-refractivity contribution in [3.63, 3.8) is 0 Å². The molecule has 0 fully saturated rings. The van der Waals surface area contributed by atoms with Gasteiger partial charge in [-0.15, -0.1) is 0 Å². The first-order valence-corrected chi connectivity index (χ1v) is 5.30. The second-order valence-electron chi connectivity index (χ2n) is 2.87. The highest BCUT2D eigenvalue weighted by atomic mass is 35.5. The van der Waals surface area contributed by atoms with Gasteiger partial charge < -0.3 is 4.72 Å². The first-order valence-electron chi connectivity index (χ1n) is 3.61.